The molecule has 0 radical (unpaired) electrons. The molecule has 0 unspecified atom stereocenters. The quantitative estimate of drug-likeness (QED) is 0.661. The van der Waals surface area contributed by atoms with Gasteiger partial charge in [-0.3, -0.25) is 14.7 Å². The maximum atomic E-state index is 14.8. The molecule has 0 aliphatic carbocycles. The number of nitrogens with one attached hydrogen (secondary N) is 1. The van der Waals surface area contributed by atoms with E-state index in [0.717, 1.165) is 5.69 Å². The Labute approximate surface area is 178 Å². The smallest absolute Gasteiger partial charge is 0.414 e. The molecule has 31 heavy (non-hydrogen) atoms. The fourth-order valence-electron chi connectivity index (χ4n) is 3.17. The van der Waals surface area contributed by atoms with Crippen LogP contribution in [0.3, 0.4) is 0 Å². The van der Waals surface area contributed by atoms with Crippen molar-refractivity contribution in [3.8, 4) is 5.69 Å². The number of cyclic esters (lactones) is 1. The molecule has 3 aromatic rings. The summed E-state index contributed by atoms with van der Waals surface area (Å²) in [6, 6.07) is 10.1. The highest BCUT2D eigenvalue weighted by Gasteiger charge is 2.32. The van der Waals surface area contributed by atoms with Gasteiger partial charge in [-0.1, -0.05) is 6.07 Å². The second-order valence-corrected chi connectivity index (χ2v) is 6.98. The van der Waals surface area contributed by atoms with Crippen LogP contribution in [0, 0.1) is 5.82 Å². The number of hydrogen-bond acceptors (Lipinski definition) is 5. The molecule has 1 aliphatic rings. The molecule has 9 heteroatoms. The van der Waals surface area contributed by atoms with E-state index in [1.165, 1.54) is 24.2 Å². The maximum absolute atomic E-state index is 14.8. The molecule has 4 rings (SSSR count). The zero-order chi connectivity index (χ0) is 21.8. The molecule has 1 saturated heterocycles. The van der Waals surface area contributed by atoms with E-state index in [1.54, 1.807) is 35.2 Å². The van der Waals surface area contributed by atoms with Gasteiger partial charge in [-0.2, -0.15) is 0 Å². The van der Waals surface area contributed by atoms with Crippen molar-refractivity contribution in [3.05, 3.63) is 72.3 Å². The Bertz CT molecular complexity index is 1130. The average molecular weight is 421 g/mol. The van der Waals surface area contributed by atoms with Crippen molar-refractivity contribution in [3.63, 3.8) is 0 Å². The Hall–Kier alpha value is -4.01. The van der Waals surface area contributed by atoms with Crippen molar-refractivity contribution in [1.82, 2.24) is 19.9 Å². The van der Waals surface area contributed by atoms with Crippen molar-refractivity contribution in [2.75, 3.05) is 18.0 Å². The van der Waals surface area contributed by atoms with Crippen LogP contribution < -0.4 is 10.2 Å². The van der Waals surface area contributed by atoms with Crippen molar-refractivity contribution < 1.29 is 18.7 Å². The average Bonchev–Trinajstić information content (AvgIpc) is 3.38. The number of anilines is 1. The van der Waals surface area contributed by atoms with Crippen LogP contribution in [0.1, 0.15) is 18.3 Å². The highest BCUT2D eigenvalue weighted by atomic mass is 19.1. The van der Waals surface area contributed by atoms with E-state index in [4.69, 9.17) is 4.74 Å². The standard InChI is InChI=1S/C22H20FN5O3/c1-15(29)25-11-19-13-28(22(30)31-19)18-7-8-21(20(23)10-18)27-12-17(26-14-27)6-5-16-4-2-3-9-24-16/h2-10,12,14,19H,11,13H2,1H3,(H,25,29)/b6-5+/t19-/m0/s1. The molecule has 0 spiro atoms. The Kier molecular flexibility index (Phi) is 5.74. The normalized spacial score (nSPS) is 16.0. The lowest BCUT2D eigenvalue weighted by Crippen LogP contribution is -2.33. The third-order valence-electron chi connectivity index (χ3n) is 4.69. The van der Waals surface area contributed by atoms with Gasteiger partial charge in [0.1, 0.15) is 11.9 Å². The van der Waals surface area contributed by atoms with E-state index in [2.05, 4.69) is 15.3 Å². The maximum Gasteiger partial charge on any atom is 0.414 e. The van der Waals surface area contributed by atoms with Crippen molar-refractivity contribution in [1.29, 1.82) is 0 Å². The van der Waals surface area contributed by atoms with Gasteiger partial charge in [0.05, 0.1) is 42.2 Å². The summed E-state index contributed by atoms with van der Waals surface area (Å²) in [6.45, 7) is 1.83. The summed E-state index contributed by atoms with van der Waals surface area (Å²) in [5, 5.41) is 2.61. The van der Waals surface area contributed by atoms with E-state index in [9.17, 15) is 14.0 Å². The third-order valence-corrected chi connectivity index (χ3v) is 4.69. The Morgan fingerprint density at radius 2 is 2.10 bits per heavy atom. The summed E-state index contributed by atoms with van der Waals surface area (Å²) in [5.74, 6) is -0.715. The minimum absolute atomic E-state index is 0.209. The summed E-state index contributed by atoms with van der Waals surface area (Å²) in [7, 11) is 0. The second kappa shape index (κ2) is 8.78. The first kappa shape index (κ1) is 20.3. The molecule has 8 nitrogen and oxygen atoms in total. The molecule has 1 aliphatic heterocycles. The highest BCUT2D eigenvalue weighted by Crippen LogP contribution is 2.25. The van der Waals surface area contributed by atoms with Crippen LogP contribution in [0.4, 0.5) is 14.9 Å². The van der Waals surface area contributed by atoms with Gasteiger partial charge in [-0.15, -0.1) is 0 Å². The summed E-state index contributed by atoms with van der Waals surface area (Å²) >= 11 is 0. The number of hydrogen-bond donors (Lipinski definition) is 1. The lowest BCUT2D eigenvalue weighted by atomic mass is 10.2. The minimum Gasteiger partial charge on any atom is -0.442 e. The van der Waals surface area contributed by atoms with E-state index in [0.29, 0.717) is 17.1 Å². The Balaban J connectivity index is 1.47. The zero-order valence-electron chi connectivity index (χ0n) is 16.7. The molecule has 0 bridgehead atoms. The SMILES string of the molecule is CC(=O)NC[C@H]1CN(c2ccc(-n3cnc(/C=C/c4ccccn4)c3)c(F)c2)C(=O)O1. The number of ether oxygens (including phenoxy) is 1. The van der Waals surface area contributed by atoms with Crippen LogP contribution >= 0.6 is 0 Å². The molecule has 1 fully saturated rings. The Morgan fingerprint density at radius 1 is 1.26 bits per heavy atom. The number of halogens is 1. The molecule has 1 N–H and O–H groups in total. The summed E-state index contributed by atoms with van der Waals surface area (Å²) < 4.78 is 21.6. The second-order valence-electron chi connectivity index (χ2n) is 6.98. The van der Waals surface area contributed by atoms with Crippen LogP contribution in [0.2, 0.25) is 0 Å². The molecular formula is C22H20FN5O3. The number of carbonyl (C=O) groups excluding carboxylic acids is 2. The predicted molar refractivity (Wildman–Crippen MR) is 113 cm³/mol. The van der Waals surface area contributed by atoms with Crippen LogP contribution in [0.15, 0.2) is 55.1 Å². The van der Waals surface area contributed by atoms with Crippen molar-refractivity contribution in [2.24, 2.45) is 0 Å². The number of nitrogens with zero attached hydrogens (tertiary/aromatic N) is 4. The molecule has 2 aromatic heterocycles. The van der Waals surface area contributed by atoms with E-state index in [-0.39, 0.29) is 19.0 Å². The van der Waals surface area contributed by atoms with Gasteiger partial charge in [0.2, 0.25) is 5.91 Å². The molecular weight excluding hydrogens is 401 g/mol. The van der Waals surface area contributed by atoms with Crippen molar-refractivity contribution >= 4 is 29.8 Å². The van der Waals surface area contributed by atoms with Gasteiger partial charge < -0.3 is 14.6 Å². The lowest BCUT2D eigenvalue weighted by Gasteiger charge is -2.14. The number of imidazole rings is 1. The zero-order valence-corrected chi connectivity index (χ0v) is 16.7. The van der Waals surface area contributed by atoms with Gasteiger partial charge in [0.25, 0.3) is 0 Å². The van der Waals surface area contributed by atoms with Gasteiger partial charge in [0, 0.05) is 19.3 Å². The molecule has 0 saturated carbocycles. The first-order valence-electron chi connectivity index (χ1n) is 9.65. The van der Waals surface area contributed by atoms with Crippen molar-refractivity contribution in [2.45, 2.75) is 13.0 Å². The number of aromatic nitrogens is 3. The first-order valence-corrected chi connectivity index (χ1v) is 9.65. The number of amides is 2. The summed E-state index contributed by atoms with van der Waals surface area (Å²) in [6.07, 6.45) is 7.47. The van der Waals surface area contributed by atoms with Crippen LogP contribution in [0.5, 0.6) is 0 Å². The molecule has 158 valence electrons. The van der Waals surface area contributed by atoms with Crippen LogP contribution in [-0.4, -0.2) is 45.7 Å². The molecule has 1 aromatic carbocycles. The van der Waals surface area contributed by atoms with E-state index < -0.39 is 18.0 Å². The summed E-state index contributed by atoms with van der Waals surface area (Å²) in [4.78, 5) is 33.0. The van der Waals surface area contributed by atoms with E-state index >= 15 is 0 Å². The van der Waals surface area contributed by atoms with Gasteiger partial charge >= 0.3 is 6.09 Å². The van der Waals surface area contributed by atoms with Gasteiger partial charge in [-0.05, 0) is 42.5 Å². The fraction of sp³-hybridized carbons (Fsp3) is 0.182. The first-order chi connectivity index (χ1) is 15.0. The van der Waals surface area contributed by atoms with Crippen LogP contribution in [-0.2, 0) is 9.53 Å². The minimum atomic E-state index is -0.577. The summed E-state index contributed by atoms with van der Waals surface area (Å²) in [5.41, 5.74) is 2.13. The molecule has 2 amide bonds. The predicted octanol–water partition coefficient (Wildman–Crippen LogP) is 3.04. The van der Waals surface area contributed by atoms with Crippen LogP contribution in [0.25, 0.3) is 17.8 Å². The Morgan fingerprint density at radius 3 is 2.84 bits per heavy atom. The van der Waals surface area contributed by atoms with E-state index in [1.807, 2.05) is 24.3 Å². The number of benzene rings is 1. The molecule has 1 atom stereocenters. The lowest BCUT2D eigenvalue weighted by molar-refractivity contribution is -0.119. The van der Waals surface area contributed by atoms with Gasteiger partial charge in [0.15, 0.2) is 0 Å². The third kappa shape index (κ3) is 4.77. The topological polar surface area (TPSA) is 89.4 Å². The molecule has 3 heterocycles. The largest absolute Gasteiger partial charge is 0.442 e. The highest BCUT2D eigenvalue weighted by molar-refractivity contribution is 5.90. The number of rotatable bonds is 6. The van der Waals surface area contributed by atoms with Gasteiger partial charge in [-0.25, -0.2) is 14.2 Å². The number of pyridine rings is 1. The fourth-order valence-corrected chi connectivity index (χ4v) is 3.17. The number of carbonyl (C=O) groups is 2. The monoisotopic (exact) mass is 421 g/mol.